The SMILES string of the molecule is CCCOc1cc(NCC2CCCCC2)c(N)cc1F. The van der Waals surface area contributed by atoms with Crippen LogP contribution in [-0.2, 0) is 0 Å². The van der Waals surface area contributed by atoms with Crippen LogP contribution in [0.5, 0.6) is 5.75 Å². The number of anilines is 2. The maximum absolute atomic E-state index is 13.7. The average molecular weight is 280 g/mol. The fourth-order valence-corrected chi connectivity index (χ4v) is 2.69. The van der Waals surface area contributed by atoms with Crippen molar-refractivity contribution in [1.82, 2.24) is 0 Å². The van der Waals surface area contributed by atoms with Crippen LogP contribution in [0, 0.1) is 11.7 Å². The third-order valence-corrected chi connectivity index (χ3v) is 3.87. The Labute approximate surface area is 120 Å². The first-order valence-electron chi connectivity index (χ1n) is 7.66. The van der Waals surface area contributed by atoms with Gasteiger partial charge in [0.05, 0.1) is 18.0 Å². The van der Waals surface area contributed by atoms with Crippen LogP contribution < -0.4 is 15.8 Å². The minimum Gasteiger partial charge on any atom is -0.490 e. The highest BCUT2D eigenvalue weighted by Crippen LogP contribution is 2.30. The summed E-state index contributed by atoms with van der Waals surface area (Å²) >= 11 is 0. The number of ether oxygens (including phenoxy) is 1. The minimum absolute atomic E-state index is 0.284. The number of nitrogens with two attached hydrogens (primary N) is 1. The Hall–Kier alpha value is -1.45. The van der Waals surface area contributed by atoms with Crippen LogP contribution in [0.1, 0.15) is 45.4 Å². The molecule has 4 heteroatoms. The summed E-state index contributed by atoms with van der Waals surface area (Å²) < 4.78 is 19.1. The lowest BCUT2D eigenvalue weighted by Gasteiger charge is -2.23. The van der Waals surface area contributed by atoms with Crippen molar-refractivity contribution in [3.05, 3.63) is 17.9 Å². The molecule has 20 heavy (non-hydrogen) atoms. The van der Waals surface area contributed by atoms with Crippen molar-refractivity contribution in [3.63, 3.8) is 0 Å². The first-order chi connectivity index (χ1) is 9.70. The lowest BCUT2D eigenvalue weighted by molar-refractivity contribution is 0.301. The molecule has 1 aromatic carbocycles. The van der Waals surface area contributed by atoms with Gasteiger partial charge >= 0.3 is 0 Å². The van der Waals surface area contributed by atoms with Crippen molar-refractivity contribution in [2.75, 3.05) is 24.2 Å². The fraction of sp³-hybridized carbons (Fsp3) is 0.625. The number of nitrogens with one attached hydrogen (secondary N) is 1. The van der Waals surface area contributed by atoms with Crippen LogP contribution in [-0.4, -0.2) is 13.2 Å². The van der Waals surface area contributed by atoms with Gasteiger partial charge in [0, 0.05) is 18.7 Å². The maximum Gasteiger partial charge on any atom is 0.167 e. The topological polar surface area (TPSA) is 47.3 Å². The lowest BCUT2D eigenvalue weighted by atomic mass is 9.89. The fourth-order valence-electron chi connectivity index (χ4n) is 2.69. The van der Waals surface area contributed by atoms with E-state index in [9.17, 15) is 4.39 Å². The molecule has 0 saturated heterocycles. The Kier molecular flexibility index (Phi) is 5.50. The normalized spacial score (nSPS) is 16.1. The second-order valence-corrected chi connectivity index (χ2v) is 5.60. The van der Waals surface area contributed by atoms with E-state index >= 15 is 0 Å². The van der Waals surface area contributed by atoms with E-state index in [1.54, 1.807) is 6.07 Å². The second-order valence-electron chi connectivity index (χ2n) is 5.60. The molecule has 0 amide bonds. The highest BCUT2D eigenvalue weighted by molar-refractivity contribution is 5.68. The molecule has 1 aliphatic carbocycles. The molecule has 3 nitrogen and oxygen atoms in total. The van der Waals surface area contributed by atoms with E-state index in [2.05, 4.69) is 5.32 Å². The molecular weight excluding hydrogens is 255 g/mol. The zero-order valence-electron chi connectivity index (χ0n) is 12.3. The molecule has 0 atom stereocenters. The Morgan fingerprint density at radius 2 is 2.05 bits per heavy atom. The van der Waals surface area contributed by atoms with Crippen molar-refractivity contribution < 1.29 is 9.13 Å². The van der Waals surface area contributed by atoms with Gasteiger partial charge in [0.25, 0.3) is 0 Å². The van der Waals surface area contributed by atoms with Crippen molar-refractivity contribution in [2.45, 2.75) is 45.4 Å². The number of rotatable bonds is 6. The molecule has 112 valence electrons. The molecule has 0 radical (unpaired) electrons. The zero-order chi connectivity index (χ0) is 14.4. The van der Waals surface area contributed by atoms with Crippen LogP contribution in [0.4, 0.5) is 15.8 Å². The number of benzene rings is 1. The largest absolute Gasteiger partial charge is 0.490 e. The monoisotopic (exact) mass is 280 g/mol. The van der Waals surface area contributed by atoms with Gasteiger partial charge in [-0.05, 0) is 25.2 Å². The summed E-state index contributed by atoms with van der Waals surface area (Å²) in [5, 5.41) is 3.36. The molecule has 0 spiro atoms. The van der Waals surface area contributed by atoms with Crippen LogP contribution in [0.2, 0.25) is 0 Å². The Balaban J connectivity index is 1.98. The summed E-state index contributed by atoms with van der Waals surface area (Å²) in [6.45, 7) is 3.42. The molecule has 0 unspecified atom stereocenters. The predicted octanol–water partition coefficient (Wildman–Crippen LogP) is 4.19. The third-order valence-electron chi connectivity index (χ3n) is 3.87. The van der Waals surface area contributed by atoms with Crippen molar-refractivity contribution >= 4 is 11.4 Å². The maximum atomic E-state index is 13.7. The van der Waals surface area contributed by atoms with Gasteiger partial charge in [-0.15, -0.1) is 0 Å². The standard InChI is InChI=1S/C16H25FN2O/c1-2-8-20-16-10-15(14(18)9-13(16)17)19-11-12-6-4-3-5-7-12/h9-10,12,19H,2-8,11,18H2,1H3. The predicted molar refractivity (Wildman–Crippen MR) is 81.7 cm³/mol. The summed E-state index contributed by atoms with van der Waals surface area (Å²) in [6, 6.07) is 3.03. The minimum atomic E-state index is -0.390. The van der Waals surface area contributed by atoms with Gasteiger partial charge in [0.1, 0.15) is 0 Å². The highest BCUT2D eigenvalue weighted by atomic mass is 19.1. The van der Waals surface area contributed by atoms with Gasteiger partial charge in [-0.3, -0.25) is 0 Å². The van der Waals surface area contributed by atoms with Crippen molar-refractivity contribution in [3.8, 4) is 5.75 Å². The smallest absolute Gasteiger partial charge is 0.167 e. The Bertz CT molecular complexity index is 431. The van der Waals surface area contributed by atoms with Crippen LogP contribution in [0.15, 0.2) is 12.1 Å². The van der Waals surface area contributed by atoms with Gasteiger partial charge in [-0.1, -0.05) is 26.2 Å². The number of halogens is 1. The highest BCUT2D eigenvalue weighted by Gasteiger charge is 2.14. The molecule has 1 fully saturated rings. The number of hydrogen-bond donors (Lipinski definition) is 2. The number of nitrogen functional groups attached to an aromatic ring is 1. The van der Waals surface area contributed by atoms with E-state index in [-0.39, 0.29) is 11.6 Å². The molecule has 1 aliphatic rings. The summed E-state index contributed by atoms with van der Waals surface area (Å²) in [5.41, 5.74) is 7.10. The zero-order valence-corrected chi connectivity index (χ0v) is 12.3. The van der Waals surface area contributed by atoms with E-state index in [1.165, 1.54) is 38.2 Å². The first kappa shape index (κ1) is 14.9. The molecule has 0 heterocycles. The summed E-state index contributed by atoms with van der Waals surface area (Å²) in [7, 11) is 0. The molecule has 1 aromatic rings. The van der Waals surface area contributed by atoms with E-state index in [4.69, 9.17) is 10.5 Å². The van der Waals surface area contributed by atoms with Gasteiger partial charge in [-0.2, -0.15) is 0 Å². The second kappa shape index (κ2) is 7.36. The van der Waals surface area contributed by atoms with Gasteiger partial charge in [0.2, 0.25) is 0 Å². The first-order valence-corrected chi connectivity index (χ1v) is 7.66. The van der Waals surface area contributed by atoms with E-state index < -0.39 is 0 Å². The van der Waals surface area contributed by atoms with E-state index in [0.29, 0.717) is 18.2 Å². The number of hydrogen-bond acceptors (Lipinski definition) is 3. The molecule has 0 bridgehead atoms. The van der Waals surface area contributed by atoms with Crippen LogP contribution >= 0.6 is 0 Å². The van der Waals surface area contributed by atoms with Crippen molar-refractivity contribution in [2.24, 2.45) is 5.92 Å². The van der Waals surface area contributed by atoms with Gasteiger partial charge in [-0.25, -0.2) is 4.39 Å². The van der Waals surface area contributed by atoms with Crippen LogP contribution in [0.3, 0.4) is 0 Å². The third kappa shape index (κ3) is 4.02. The summed E-state index contributed by atoms with van der Waals surface area (Å²) in [6.07, 6.45) is 7.38. The summed E-state index contributed by atoms with van der Waals surface area (Å²) in [4.78, 5) is 0. The lowest BCUT2D eigenvalue weighted by Crippen LogP contribution is -2.17. The molecule has 1 saturated carbocycles. The van der Waals surface area contributed by atoms with E-state index in [1.807, 2.05) is 6.92 Å². The van der Waals surface area contributed by atoms with Crippen molar-refractivity contribution in [1.29, 1.82) is 0 Å². The van der Waals surface area contributed by atoms with Gasteiger partial charge in [0.15, 0.2) is 11.6 Å². The molecule has 2 rings (SSSR count). The average Bonchev–Trinajstić information content (AvgIpc) is 2.46. The van der Waals surface area contributed by atoms with Gasteiger partial charge < -0.3 is 15.8 Å². The molecule has 0 aliphatic heterocycles. The molecule has 0 aromatic heterocycles. The quantitative estimate of drug-likeness (QED) is 0.768. The van der Waals surface area contributed by atoms with E-state index in [0.717, 1.165) is 18.7 Å². The Morgan fingerprint density at radius 1 is 1.30 bits per heavy atom. The Morgan fingerprint density at radius 3 is 2.75 bits per heavy atom. The summed E-state index contributed by atoms with van der Waals surface area (Å²) in [5.74, 6) is 0.597. The molecule has 3 N–H and O–H groups in total. The van der Waals surface area contributed by atoms with Crippen LogP contribution in [0.25, 0.3) is 0 Å². The molecular formula is C16H25FN2O.